The number of nitrogens with one attached hydrogen (secondary N) is 1. The van der Waals surface area contributed by atoms with Crippen molar-refractivity contribution in [3.63, 3.8) is 0 Å². The van der Waals surface area contributed by atoms with E-state index in [4.69, 9.17) is 4.74 Å². The van der Waals surface area contributed by atoms with Crippen molar-refractivity contribution in [2.75, 3.05) is 39.4 Å². The van der Waals surface area contributed by atoms with Gasteiger partial charge in [-0.05, 0) is 6.42 Å². The highest BCUT2D eigenvalue weighted by Gasteiger charge is 2.39. The van der Waals surface area contributed by atoms with Crippen molar-refractivity contribution < 1.29 is 17.9 Å². The highest BCUT2D eigenvalue weighted by Crippen LogP contribution is 2.33. The molecule has 3 rings (SSSR count). The van der Waals surface area contributed by atoms with Crippen molar-refractivity contribution in [3.8, 4) is 0 Å². The lowest BCUT2D eigenvalue weighted by molar-refractivity contribution is -0.142. The zero-order valence-corrected chi connectivity index (χ0v) is 12.5. The Labute approximate surface area is 127 Å². The number of fused-ring (bicyclic) bond motifs is 1. The van der Waals surface area contributed by atoms with Crippen LogP contribution in [0.1, 0.15) is 23.4 Å². The molecule has 8 heteroatoms. The maximum absolute atomic E-state index is 13.1. The minimum Gasteiger partial charge on any atom is -0.379 e. The average molecular weight is 318 g/mol. The molecular formula is C14H21F3N4O. The summed E-state index contributed by atoms with van der Waals surface area (Å²) in [7, 11) is 0. The van der Waals surface area contributed by atoms with Gasteiger partial charge < -0.3 is 10.1 Å². The molecule has 22 heavy (non-hydrogen) atoms. The molecule has 1 fully saturated rings. The number of aromatic nitrogens is 2. The van der Waals surface area contributed by atoms with Gasteiger partial charge in [0.2, 0.25) is 0 Å². The maximum atomic E-state index is 13.1. The summed E-state index contributed by atoms with van der Waals surface area (Å²) in [6, 6.07) is 0. The average Bonchev–Trinajstić information content (AvgIpc) is 2.88. The third-order valence-electron chi connectivity index (χ3n) is 4.22. The summed E-state index contributed by atoms with van der Waals surface area (Å²) < 4.78 is 46.1. The highest BCUT2D eigenvalue weighted by molar-refractivity contribution is 5.30. The maximum Gasteiger partial charge on any atom is 0.435 e. The Morgan fingerprint density at radius 3 is 2.68 bits per heavy atom. The molecule has 2 aliphatic rings. The zero-order chi connectivity index (χ0) is 15.6. The van der Waals surface area contributed by atoms with Crippen LogP contribution in [0.15, 0.2) is 0 Å². The molecule has 0 spiro atoms. The molecule has 0 bridgehead atoms. The van der Waals surface area contributed by atoms with Crippen LogP contribution in [-0.2, 0) is 30.4 Å². The summed E-state index contributed by atoms with van der Waals surface area (Å²) in [6.07, 6.45) is -2.96. The first kappa shape index (κ1) is 15.8. The fourth-order valence-corrected chi connectivity index (χ4v) is 3.10. The van der Waals surface area contributed by atoms with Crippen LogP contribution < -0.4 is 5.32 Å². The van der Waals surface area contributed by atoms with Gasteiger partial charge in [0, 0.05) is 56.9 Å². The largest absolute Gasteiger partial charge is 0.435 e. The van der Waals surface area contributed by atoms with Crippen LogP contribution in [0.5, 0.6) is 0 Å². The third-order valence-corrected chi connectivity index (χ3v) is 4.22. The quantitative estimate of drug-likeness (QED) is 0.908. The molecule has 1 aromatic rings. The number of hydrogen-bond acceptors (Lipinski definition) is 4. The number of hydrogen-bond donors (Lipinski definition) is 1. The van der Waals surface area contributed by atoms with E-state index in [1.165, 1.54) is 0 Å². The molecule has 0 amide bonds. The van der Waals surface area contributed by atoms with E-state index in [1.54, 1.807) is 4.68 Å². The van der Waals surface area contributed by atoms with Gasteiger partial charge in [0.1, 0.15) is 0 Å². The van der Waals surface area contributed by atoms with Gasteiger partial charge in [0.25, 0.3) is 0 Å². The summed E-state index contributed by atoms with van der Waals surface area (Å²) in [6.45, 7) is 5.65. The summed E-state index contributed by atoms with van der Waals surface area (Å²) in [5.41, 5.74) is 0.347. The number of ether oxygens (including phenoxy) is 1. The molecule has 0 unspecified atom stereocenters. The van der Waals surface area contributed by atoms with Gasteiger partial charge in [0.15, 0.2) is 5.69 Å². The van der Waals surface area contributed by atoms with Crippen molar-refractivity contribution in [2.24, 2.45) is 0 Å². The number of rotatable bonds is 4. The second-order valence-electron chi connectivity index (χ2n) is 5.73. The Morgan fingerprint density at radius 2 is 1.95 bits per heavy atom. The number of nitrogens with zero attached hydrogens (tertiary/aromatic N) is 3. The van der Waals surface area contributed by atoms with Gasteiger partial charge in [-0.3, -0.25) is 9.58 Å². The summed E-state index contributed by atoms with van der Waals surface area (Å²) >= 11 is 0. The van der Waals surface area contributed by atoms with Crippen molar-refractivity contribution in [1.29, 1.82) is 0 Å². The molecule has 0 aromatic carbocycles. The predicted octanol–water partition coefficient (Wildman–Crippen LogP) is 1.27. The molecule has 1 N–H and O–H groups in total. The summed E-state index contributed by atoms with van der Waals surface area (Å²) in [5, 5.41) is 6.85. The van der Waals surface area contributed by atoms with Crippen LogP contribution in [0.3, 0.4) is 0 Å². The SMILES string of the molecule is FC(F)(F)c1nn(CCCN2CCOCC2)c2c1CNCC2. The summed E-state index contributed by atoms with van der Waals surface area (Å²) in [5.74, 6) is 0. The number of halogens is 3. The Bertz CT molecular complexity index is 509. The monoisotopic (exact) mass is 318 g/mol. The third kappa shape index (κ3) is 3.44. The smallest absolute Gasteiger partial charge is 0.379 e. The minimum atomic E-state index is -4.38. The second kappa shape index (κ2) is 6.55. The molecule has 0 aliphatic carbocycles. The lowest BCUT2D eigenvalue weighted by atomic mass is 10.1. The number of aryl methyl sites for hydroxylation is 1. The predicted molar refractivity (Wildman–Crippen MR) is 74.5 cm³/mol. The van der Waals surface area contributed by atoms with Gasteiger partial charge in [0.05, 0.1) is 13.2 Å². The van der Waals surface area contributed by atoms with E-state index in [-0.39, 0.29) is 6.54 Å². The van der Waals surface area contributed by atoms with Crippen LogP contribution in [0, 0.1) is 0 Å². The molecule has 124 valence electrons. The number of alkyl halides is 3. The van der Waals surface area contributed by atoms with E-state index in [2.05, 4.69) is 15.3 Å². The molecular weight excluding hydrogens is 297 g/mol. The van der Waals surface area contributed by atoms with Crippen LogP contribution >= 0.6 is 0 Å². The van der Waals surface area contributed by atoms with Gasteiger partial charge >= 0.3 is 6.18 Å². The molecule has 3 heterocycles. The molecule has 5 nitrogen and oxygen atoms in total. The van der Waals surface area contributed by atoms with Gasteiger partial charge in [-0.2, -0.15) is 18.3 Å². The Hall–Kier alpha value is -1.12. The van der Waals surface area contributed by atoms with Crippen LogP contribution in [-0.4, -0.2) is 54.1 Å². The first-order chi connectivity index (χ1) is 10.6. The van der Waals surface area contributed by atoms with E-state index in [9.17, 15) is 13.2 Å². The van der Waals surface area contributed by atoms with E-state index >= 15 is 0 Å². The molecule has 0 radical (unpaired) electrons. The first-order valence-corrected chi connectivity index (χ1v) is 7.72. The van der Waals surface area contributed by atoms with E-state index in [0.717, 1.165) is 45.0 Å². The van der Waals surface area contributed by atoms with Crippen molar-refractivity contribution in [1.82, 2.24) is 20.0 Å². The molecule has 1 aromatic heterocycles. The Balaban J connectivity index is 1.66. The van der Waals surface area contributed by atoms with Crippen LogP contribution in [0.25, 0.3) is 0 Å². The molecule has 0 saturated carbocycles. The topological polar surface area (TPSA) is 42.3 Å². The van der Waals surface area contributed by atoms with Gasteiger partial charge in [-0.25, -0.2) is 0 Å². The Morgan fingerprint density at radius 1 is 1.18 bits per heavy atom. The van der Waals surface area contributed by atoms with E-state index < -0.39 is 11.9 Å². The molecule has 2 aliphatic heterocycles. The van der Waals surface area contributed by atoms with Gasteiger partial charge in [-0.1, -0.05) is 0 Å². The van der Waals surface area contributed by atoms with E-state index in [1.807, 2.05) is 0 Å². The lowest BCUT2D eigenvalue weighted by Gasteiger charge is -2.26. The normalized spacial score (nSPS) is 20.1. The highest BCUT2D eigenvalue weighted by atomic mass is 19.4. The standard InChI is InChI=1S/C14H21F3N4O/c15-14(16,17)13-11-10-18-3-2-12(11)21(19-13)5-1-4-20-6-8-22-9-7-20/h18H,1-10H2. The zero-order valence-electron chi connectivity index (χ0n) is 12.5. The molecule has 1 saturated heterocycles. The summed E-state index contributed by atoms with van der Waals surface area (Å²) in [4.78, 5) is 2.28. The minimum absolute atomic E-state index is 0.258. The van der Waals surface area contributed by atoms with Crippen molar-refractivity contribution in [3.05, 3.63) is 17.0 Å². The molecule has 0 atom stereocenters. The lowest BCUT2D eigenvalue weighted by Crippen LogP contribution is -2.37. The van der Waals surface area contributed by atoms with Crippen molar-refractivity contribution >= 4 is 0 Å². The van der Waals surface area contributed by atoms with Crippen LogP contribution in [0.4, 0.5) is 13.2 Å². The van der Waals surface area contributed by atoms with Gasteiger partial charge in [-0.15, -0.1) is 0 Å². The van der Waals surface area contributed by atoms with E-state index in [0.29, 0.717) is 25.1 Å². The number of morpholine rings is 1. The second-order valence-corrected chi connectivity index (χ2v) is 5.73. The fraction of sp³-hybridized carbons (Fsp3) is 0.786. The Kier molecular flexibility index (Phi) is 4.70. The van der Waals surface area contributed by atoms with Crippen LogP contribution in [0.2, 0.25) is 0 Å². The fourth-order valence-electron chi connectivity index (χ4n) is 3.10. The van der Waals surface area contributed by atoms with Crippen molar-refractivity contribution in [2.45, 2.75) is 32.1 Å². The first-order valence-electron chi connectivity index (χ1n) is 7.72.